The molecule has 1 saturated heterocycles. The Labute approximate surface area is 151 Å². The molecular weight excluding hydrogens is 330 g/mol. The molecule has 0 bridgehead atoms. The van der Waals surface area contributed by atoms with Gasteiger partial charge < -0.3 is 19.5 Å². The summed E-state index contributed by atoms with van der Waals surface area (Å²) in [5, 5.41) is 6.72. The number of nitrogens with zero attached hydrogens (tertiary/aromatic N) is 2. The number of ether oxygens (including phenoxy) is 1. The number of anilines is 2. The van der Waals surface area contributed by atoms with Crippen molar-refractivity contribution >= 4 is 17.3 Å². The Morgan fingerprint density at radius 3 is 2.46 bits per heavy atom. The van der Waals surface area contributed by atoms with Crippen molar-refractivity contribution in [2.45, 2.75) is 0 Å². The van der Waals surface area contributed by atoms with Crippen LogP contribution in [0.5, 0.6) is 0 Å². The standard InChI is InChI=1S/C20H19N3O3/c24-20(18-14-19(26-22-18)15-4-2-1-3-5-15)21-16-6-8-17(9-7-16)23-10-12-25-13-11-23/h1-9,14H,10-13H2,(H,21,24). The minimum atomic E-state index is -0.296. The number of aromatic nitrogens is 1. The lowest BCUT2D eigenvalue weighted by Crippen LogP contribution is -2.36. The van der Waals surface area contributed by atoms with E-state index in [-0.39, 0.29) is 11.6 Å². The summed E-state index contributed by atoms with van der Waals surface area (Å²) in [6.45, 7) is 3.25. The first-order valence-electron chi connectivity index (χ1n) is 8.56. The van der Waals surface area contributed by atoms with Crippen LogP contribution in [-0.2, 0) is 4.74 Å². The van der Waals surface area contributed by atoms with E-state index in [1.807, 2.05) is 54.6 Å². The second kappa shape index (κ2) is 7.41. The first-order chi connectivity index (χ1) is 12.8. The third-order valence-electron chi connectivity index (χ3n) is 4.30. The fourth-order valence-corrected chi connectivity index (χ4v) is 2.89. The predicted molar refractivity (Wildman–Crippen MR) is 99.4 cm³/mol. The number of hydrogen-bond donors (Lipinski definition) is 1. The van der Waals surface area contributed by atoms with Crippen LogP contribution in [0.25, 0.3) is 11.3 Å². The van der Waals surface area contributed by atoms with Crippen LogP contribution in [0, 0.1) is 0 Å². The van der Waals surface area contributed by atoms with E-state index in [2.05, 4.69) is 15.4 Å². The van der Waals surface area contributed by atoms with Crippen LogP contribution in [0.15, 0.2) is 65.2 Å². The number of amides is 1. The van der Waals surface area contributed by atoms with E-state index in [0.717, 1.165) is 43.2 Å². The molecule has 2 aromatic carbocycles. The van der Waals surface area contributed by atoms with Gasteiger partial charge in [-0.25, -0.2) is 0 Å². The van der Waals surface area contributed by atoms with Gasteiger partial charge in [0.05, 0.1) is 13.2 Å². The molecule has 1 amide bonds. The molecule has 4 rings (SSSR count). The second-order valence-corrected chi connectivity index (χ2v) is 6.04. The first kappa shape index (κ1) is 16.4. The van der Waals surface area contributed by atoms with Crippen LogP contribution >= 0.6 is 0 Å². The Kier molecular flexibility index (Phi) is 4.66. The lowest BCUT2D eigenvalue weighted by Gasteiger charge is -2.28. The van der Waals surface area contributed by atoms with E-state index < -0.39 is 0 Å². The van der Waals surface area contributed by atoms with Gasteiger partial charge in [0.15, 0.2) is 11.5 Å². The van der Waals surface area contributed by atoms with Gasteiger partial charge in [-0.15, -0.1) is 0 Å². The Balaban J connectivity index is 1.42. The van der Waals surface area contributed by atoms with E-state index in [0.29, 0.717) is 5.76 Å². The molecule has 3 aromatic rings. The lowest BCUT2D eigenvalue weighted by molar-refractivity contribution is 0.101. The molecule has 0 atom stereocenters. The van der Waals surface area contributed by atoms with Crippen molar-refractivity contribution in [3.05, 3.63) is 66.4 Å². The first-order valence-corrected chi connectivity index (χ1v) is 8.56. The number of hydrogen-bond acceptors (Lipinski definition) is 5. The highest BCUT2D eigenvalue weighted by Gasteiger charge is 2.15. The molecule has 0 saturated carbocycles. The van der Waals surface area contributed by atoms with Crippen molar-refractivity contribution in [3.8, 4) is 11.3 Å². The van der Waals surface area contributed by atoms with Gasteiger partial charge in [-0.3, -0.25) is 4.79 Å². The molecule has 1 fully saturated rings. The predicted octanol–water partition coefficient (Wildman–Crippen LogP) is 3.43. The third kappa shape index (κ3) is 3.60. The summed E-state index contributed by atoms with van der Waals surface area (Å²) in [4.78, 5) is 14.6. The van der Waals surface area contributed by atoms with Crippen LogP contribution in [0.2, 0.25) is 0 Å². The van der Waals surface area contributed by atoms with Crippen molar-refractivity contribution in [1.29, 1.82) is 0 Å². The van der Waals surface area contributed by atoms with Crippen LogP contribution in [0.3, 0.4) is 0 Å². The number of carbonyl (C=O) groups is 1. The van der Waals surface area contributed by atoms with Crippen molar-refractivity contribution < 1.29 is 14.1 Å². The summed E-state index contributed by atoms with van der Waals surface area (Å²) in [5.41, 5.74) is 2.98. The molecule has 1 aliphatic rings. The zero-order chi connectivity index (χ0) is 17.8. The van der Waals surface area contributed by atoms with Gasteiger partial charge in [0.2, 0.25) is 0 Å². The van der Waals surface area contributed by atoms with E-state index >= 15 is 0 Å². The highest BCUT2D eigenvalue weighted by Crippen LogP contribution is 2.22. The van der Waals surface area contributed by atoms with Crippen molar-refractivity contribution in [1.82, 2.24) is 5.16 Å². The monoisotopic (exact) mass is 349 g/mol. The molecule has 6 heteroatoms. The highest BCUT2D eigenvalue weighted by atomic mass is 16.5. The molecule has 0 aliphatic carbocycles. The smallest absolute Gasteiger partial charge is 0.277 e. The average Bonchev–Trinajstić information content (AvgIpc) is 3.20. The Hall–Kier alpha value is -3.12. The summed E-state index contributed by atoms with van der Waals surface area (Å²) >= 11 is 0. The summed E-state index contributed by atoms with van der Waals surface area (Å²) in [7, 11) is 0. The molecule has 0 unspecified atom stereocenters. The topological polar surface area (TPSA) is 67.6 Å². The maximum Gasteiger partial charge on any atom is 0.277 e. The van der Waals surface area contributed by atoms with Gasteiger partial charge in [0, 0.05) is 36.1 Å². The maximum atomic E-state index is 12.4. The number of nitrogens with one attached hydrogen (secondary N) is 1. The van der Waals surface area contributed by atoms with Crippen LogP contribution in [-0.4, -0.2) is 37.4 Å². The summed E-state index contributed by atoms with van der Waals surface area (Å²) in [5.74, 6) is 0.272. The number of carbonyl (C=O) groups excluding carboxylic acids is 1. The van der Waals surface area contributed by atoms with Crippen molar-refractivity contribution in [3.63, 3.8) is 0 Å². The van der Waals surface area contributed by atoms with Gasteiger partial charge >= 0.3 is 0 Å². The second-order valence-electron chi connectivity index (χ2n) is 6.04. The van der Waals surface area contributed by atoms with E-state index in [4.69, 9.17) is 9.26 Å². The molecule has 1 aliphatic heterocycles. The largest absolute Gasteiger partial charge is 0.378 e. The highest BCUT2D eigenvalue weighted by molar-refractivity contribution is 6.03. The molecule has 0 spiro atoms. The van der Waals surface area contributed by atoms with E-state index in [9.17, 15) is 4.79 Å². The van der Waals surface area contributed by atoms with Gasteiger partial charge in [0.1, 0.15) is 0 Å². The van der Waals surface area contributed by atoms with Crippen LogP contribution in [0.1, 0.15) is 10.5 Å². The summed E-state index contributed by atoms with van der Waals surface area (Å²) in [6.07, 6.45) is 0. The minimum absolute atomic E-state index is 0.251. The molecular formula is C20H19N3O3. The molecule has 1 aromatic heterocycles. The van der Waals surface area contributed by atoms with E-state index in [1.165, 1.54) is 0 Å². The third-order valence-corrected chi connectivity index (χ3v) is 4.30. The fraction of sp³-hybridized carbons (Fsp3) is 0.200. The molecule has 26 heavy (non-hydrogen) atoms. The summed E-state index contributed by atoms with van der Waals surface area (Å²) < 4.78 is 10.6. The zero-order valence-corrected chi connectivity index (χ0v) is 14.2. The molecule has 132 valence electrons. The van der Waals surface area contributed by atoms with Crippen LogP contribution in [0.4, 0.5) is 11.4 Å². The fourth-order valence-electron chi connectivity index (χ4n) is 2.89. The van der Waals surface area contributed by atoms with Crippen molar-refractivity contribution in [2.75, 3.05) is 36.5 Å². The number of morpholine rings is 1. The van der Waals surface area contributed by atoms with Crippen LogP contribution < -0.4 is 10.2 Å². The number of rotatable bonds is 4. The molecule has 1 N–H and O–H groups in total. The Morgan fingerprint density at radius 1 is 1.00 bits per heavy atom. The Bertz CT molecular complexity index is 869. The molecule has 6 nitrogen and oxygen atoms in total. The lowest BCUT2D eigenvalue weighted by atomic mass is 10.1. The maximum absolute atomic E-state index is 12.4. The quantitative estimate of drug-likeness (QED) is 0.782. The Morgan fingerprint density at radius 2 is 1.73 bits per heavy atom. The minimum Gasteiger partial charge on any atom is -0.378 e. The van der Waals surface area contributed by atoms with E-state index in [1.54, 1.807) is 6.07 Å². The summed E-state index contributed by atoms with van der Waals surface area (Å²) in [6, 6.07) is 19.0. The molecule has 2 heterocycles. The average molecular weight is 349 g/mol. The normalized spacial score (nSPS) is 14.2. The van der Waals surface area contributed by atoms with Gasteiger partial charge in [0.25, 0.3) is 5.91 Å². The van der Waals surface area contributed by atoms with Gasteiger partial charge in [-0.05, 0) is 24.3 Å². The SMILES string of the molecule is O=C(Nc1ccc(N2CCOCC2)cc1)c1cc(-c2ccccc2)on1. The number of benzene rings is 2. The van der Waals surface area contributed by atoms with Gasteiger partial charge in [-0.1, -0.05) is 35.5 Å². The van der Waals surface area contributed by atoms with Crippen molar-refractivity contribution in [2.24, 2.45) is 0 Å². The zero-order valence-electron chi connectivity index (χ0n) is 14.2. The molecule has 0 radical (unpaired) electrons. The van der Waals surface area contributed by atoms with Gasteiger partial charge in [-0.2, -0.15) is 0 Å².